The van der Waals surface area contributed by atoms with Gasteiger partial charge in [-0.25, -0.2) is 5.43 Å². The molecule has 1 aromatic heterocycles. The van der Waals surface area contributed by atoms with Gasteiger partial charge in [0.05, 0.1) is 40.1 Å². The maximum atomic E-state index is 12.8. The fourth-order valence-corrected chi connectivity index (χ4v) is 5.55. The van der Waals surface area contributed by atoms with Gasteiger partial charge in [0.25, 0.3) is 5.91 Å². The van der Waals surface area contributed by atoms with Crippen molar-refractivity contribution in [2.75, 3.05) is 34.4 Å². The summed E-state index contributed by atoms with van der Waals surface area (Å²) in [6, 6.07) is 10.6. The molecule has 0 bridgehead atoms. The maximum absolute atomic E-state index is 12.8. The first-order valence-electron chi connectivity index (χ1n) is 12.0. The van der Waals surface area contributed by atoms with Crippen LogP contribution in [0.3, 0.4) is 0 Å². The largest absolute Gasteiger partial charge is 0.493 e. The normalized spacial score (nSPS) is 17.4. The number of methoxy groups -OCH3 is 3. The van der Waals surface area contributed by atoms with E-state index in [-0.39, 0.29) is 11.9 Å². The third kappa shape index (κ3) is 4.23. The van der Waals surface area contributed by atoms with Crippen molar-refractivity contribution in [3.05, 3.63) is 52.7 Å². The number of hydrazone groups is 1. The molecule has 2 aliphatic rings. The zero-order chi connectivity index (χ0) is 24.5. The molecular formula is C27H32N4O4. The number of fused-ring (bicyclic) bond motifs is 3. The summed E-state index contributed by atoms with van der Waals surface area (Å²) in [6.45, 7) is 4.21. The predicted molar refractivity (Wildman–Crippen MR) is 136 cm³/mol. The van der Waals surface area contributed by atoms with Crippen LogP contribution in [-0.4, -0.2) is 56.0 Å². The summed E-state index contributed by atoms with van der Waals surface area (Å²) in [5.41, 5.74) is 8.90. The van der Waals surface area contributed by atoms with Crippen LogP contribution in [-0.2, 0) is 17.8 Å². The monoisotopic (exact) mass is 476 g/mol. The van der Waals surface area contributed by atoms with Gasteiger partial charge in [-0.2, -0.15) is 5.10 Å². The zero-order valence-electron chi connectivity index (χ0n) is 20.8. The van der Waals surface area contributed by atoms with E-state index in [1.807, 2.05) is 0 Å². The highest BCUT2D eigenvalue weighted by Gasteiger charge is 2.35. The van der Waals surface area contributed by atoms with Crippen LogP contribution in [0, 0.1) is 6.92 Å². The molecule has 35 heavy (non-hydrogen) atoms. The first-order valence-corrected chi connectivity index (χ1v) is 12.0. The second-order valence-corrected chi connectivity index (χ2v) is 9.17. The predicted octanol–water partition coefficient (Wildman–Crippen LogP) is 3.82. The lowest BCUT2D eigenvalue weighted by Crippen LogP contribution is -2.44. The van der Waals surface area contributed by atoms with Gasteiger partial charge in [-0.15, -0.1) is 0 Å². The summed E-state index contributed by atoms with van der Waals surface area (Å²) in [5.74, 6) is 1.46. The summed E-state index contributed by atoms with van der Waals surface area (Å²) >= 11 is 0. The van der Waals surface area contributed by atoms with Gasteiger partial charge in [0.1, 0.15) is 0 Å². The summed E-state index contributed by atoms with van der Waals surface area (Å²) < 4.78 is 18.6. The van der Waals surface area contributed by atoms with Crippen molar-refractivity contribution in [1.29, 1.82) is 0 Å². The van der Waals surface area contributed by atoms with E-state index < -0.39 is 0 Å². The van der Waals surface area contributed by atoms with Crippen LogP contribution in [0.2, 0.25) is 0 Å². The molecule has 1 aliphatic heterocycles. The van der Waals surface area contributed by atoms with Crippen LogP contribution in [0.1, 0.15) is 41.3 Å². The highest BCUT2D eigenvalue weighted by Crippen LogP contribution is 2.42. The van der Waals surface area contributed by atoms with E-state index >= 15 is 0 Å². The van der Waals surface area contributed by atoms with E-state index in [0.717, 1.165) is 37.9 Å². The maximum Gasteiger partial charge on any atom is 0.254 e. The van der Waals surface area contributed by atoms with Crippen molar-refractivity contribution >= 4 is 23.0 Å². The highest BCUT2D eigenvalue weighted by molar-refractivity contribution is 5.87. The molecule has 0 unspecified atom stereocenters. The Morgan fingerprint density at radius 2 is 1.89 bits per heavy atom. The van der Waals surface area contributed by atoms with Crippen LogP contribution < -0.4 is 19.6 Å². The number of hydrogen-bond donors (Lipinski definition) is 1. The van der Waals surface area contributed by atoms with E-state index in [9.17, 15) is 4.79 Å². The molecule has 8 nitrogen and oxygen atoms in total. The van der Waals surface area contributed by atoms with Crippen LogP contribution in [0.15, 0.2) is 35.4 Å². The minimum absolute atomic E-state index is 0.124. The first kappa shape index (κ1) is 23.2. The average molecular weight is 477 g/mol. The molecule has 1 atom stereocenters. The van der Waals surface area contributed by atoms with Gasteiger partial charge >= 0.3 is 0 Å². The smallest absolute Gasteiger partial charge is 0.254 e. The van der Waals surface area contributed by atoms with Crippen LogP contribution in [0.5, 0.6) is 17.2 Å². The Hall–Kier alpha value is -3.52. The number of nitrogens with one attached hydrogen (secondary N) is 1. The molecule has 0 spiro atoms. The van der Waals surface area contributed by atoms with Crippen molar-refractivity contribution in [2.24, 2.45) is 5.10 Å². The van der Waals surface area contributed by atoms with E-state index in [1.54, 1.807) is 39.7 Å². The van der Waals surface area contributed by atoms with Crippen molar-refractivity contribution in [3.8, 4) is 17.2 Å². The van der Waals surface area contributed by atoms with E-state index in [0.29, 0.717) is 23.8 Å². The molecule has 184 valence electrons. The second kappa shape index (κ2) is 9.62. The van der Waals surface area contributed by atoms with E-state index in [1.165, 1.54) is 27.7 Å². The Balaban J connectivity index is 1.30. The highest BCUT2D eigenvalue weighted by atomic mass is 16.5. The number of aromatic nitrogens is 1. The van der Waals surface area contributed by atoms with Crippen molar-refractivity contribution in [2.45, 2.75) is 38.8 Å². The molecule has 0 fully saturated rings. The fourth-order valence-electron chi connectivity index (χ4n) is 5.55. The number of amides is 1. The lowest BCUT2D eigenvalue weighted by atomic mass is 9.89. The van der Waals surface area contributed by atoms with E-state index in [4.69, 9.17) is 14.2 Å². The molecular weight excluding hydrogens is 444 g/mol. The lowest BCUT2D eigenvalue weighted by Gasteiger charge is -2.39. The minimum Gasteiger partial charge on any atom is -0.493 e. The molecule has 0 saturated heterocycles. The number of rotatable bonds is 7. The second-order valence-electron chi connectivity index (χ2n) is 9.17. The van der Waals surface area contributed by atoms with Crippen LogP contribution >= 0.6 is 0 Å². The first-order chi connectivity index (χ1) is 17.0. The number of carbonyl (C=O) groups is 1. The average Bonchev–Trinajstić information content (AvgIpc) is 3.19. The molecule has 2 heterocycles. The summed E-state index contributed by atoms with van der Waals surface area (Å²) in [7, 11) is 4.69. The summed E-state index contributed by atoms with van der Waals surface area (Å²) in [4.78, 5) is 15.1. The van der Waals surface area contributed by atoms with E-state index in [2.05, 4.69) is 45.1 Å². The van der Waals surface area contributed by atoms with Crippen LogP contribution in [0.4, 0.5) is 0 Å². The number of aryl methyl sites for hydroxylation is 2. The lowest BCUT2D eigenvalue weighted by molar-refractivity contribution is -0.123. The third-order valence-electron chi connectivity index (χ3n) is 7.08. The number of benzene rings is 2. The van der Waals surface area contributed by atoms with Crippen molar-refractivity contribution in [3.63, 3.8) is 0 Å². The standard InChI is InChI=1S/C27H32N4O4/c1-17-8-9-21-20(12-17)19-6-5-7-22-26(19)31(21)11-10-30(22)16-25(32)29-28-15-18-13-23(33-2)27(35-4)24(14-18)34-3/h8-9,12-15,22H,5-7,10-11,16H2,1-4H3,(H,29,32)/b28-15-/t22-/m0/s1. The number of carbonyl (C=O) groups excluding carboxylic acids is 1. The Kier molecular flexibility index (Phi) is 6.38. The molecule has 0 radical (unpaired) electrons. The number of ether oxygens (including phenoxy) is 3. The Morgan fingerprint density at radius 1 is 1.11 bits per heavy atom. The molecule has 1 N–H and O–H groups in total. The molecule has 3 aromatic rings. The molecule has 5 rings (SSSR count). The molecule has 8 heteroatoms. The zero-order valence-corrected chi connectivity index (χ0v) is 20.8. The Labute approximate surface area is 205 Å². The third-order valence-corrected chi connectivity index (χ3v) is 7.08. The minimum atomic E-state index is -0.124. The van der Waals surface area contributed by atoms with Crippen LogP contribution in [0.25, 0.3) is 10.9 Å². The van der Waals surface area contributed by atoms with Gasteiger partial charge in [-0.3, -0.25) is 9.69 Å². The van der Waals surface area contributed by atoms with Gasteiger partial charge in [0.2, 0.25) is 5.75 Å². The molecule has 0 saturated carbocycles. The Morgan fingerprint density at radius 3 is 2.60 bits per heavy atom. The van der Waals surface area contributed by atoms with Gasteiger partial charge in [0, 0.05) is 35.2 Å². The number of hydrogen-bond acceptors (Lipinski definition) is 6. The number of nitrogens with zero attached hydrogens (tertiary/aromatic N) is 3. The summed E-state index contributed by atoms with van der Waals surface area (Å²) in [6.07, 6.45) is 4.90. The Bertz CT molecular complexity index is 1270. The van der Waals surface area contributed by atoms with Crippen molar-refractivity contribution in [1.82, 2.24) is 14.9 Å². The van der Waals surface area contributed by atoms with Gasteiger partial charge in [0.15, 0.2) is 11.5 Å². The molecule has 1 amide bonds. The fraction of sp³-hybridized carbons (Fsp3) is 0.407. The van der Waals surface area contributed by atoms with Gasteiger partial charge in [-0.05, 0) is 56.0 Å². The van der Waals surface area contributed by atoms with Gasteiger partial charge < -0.3 is 18.8 Å². The topological polar surface area (TPSA) is 77.3 Å². The quantitative estimate of drug-likeness (QED) is 0.414. The molecule has 1 aliphatic carbocycles. The molecule has 2 aromatic carbocycles. The SMILES string of the molecule is COc1cc(/C=N\NC(=O)CN2CCn3c4c(c5cc(C)ccc53)CCC[C@@H]42)cc(OC)c1OC. The van der Waals surface area contributed by atoms with Crippen molar-refractivity contribution < 1.29 is 19.0 Å². The van der Waals surface area contributed by atoms with Gasteiger partial charge in [-0.1, -0.05) is 11.6 Å². The summed E-state index contributed by atoms with van der Waals surface area (Å²) in [5, 5.41) is 5.56.